The van der Waals surface area contributed by atoms with Gasteiger partial charge < -0.3 is 4.42 Å². The Balaban J connectivity index is 1.96. The molecule has 0 unspecified atom stereocenters. The molecule has 0 aliphatic carbocycles. The van der Waals surface area contributed by atoms with Crippen LogP contribution in [0.15, 0.2) is 39.8 Å². The summed E-state index contributed by atoms with van der Waals surface area (Å²) in [4.78, 5) is 4.55. The molecule has 24 heavy (non-hydrogen) atoms. The summed E-state index contributed by atoms with van der Waals surface area (Å²) in [5, 5.41) is 4.19. The van der Waals surface area contributed by atoms with Crippen molar-refractivity contribution in [1.29, 1.82) is 0 Å². The lowest BCUT2D eigenvalue weighted by Crippen LogP contribution is -2.41. The van der Waals surface area contributed by atoms with E-state index >= 15 is 0 Å². The molecule has 0 atom stereocenters. The molecule has 128 valence electrons. The Hall–Kier alpha value is -2.19. The predicted molar refractivity (Wildman–Crippen MR) is 90.0 cm³/mol. The molecule has 3 rings (SSSR count). The summed E-state index contributed by atoms with van der Waals surface area (Å²) in [5.41, 5.74) is 0.765. The lowest BCUT2D eigenvalue weighted by molar-refractivity contribution is 0.361. The zero-order valence-corrected chi connectivity index (χ0v) is 14.9. The van der Waals surface area contributed by atoms with Crippen LogP contribution in [0.25, 0.3) is 11.1 Å². The van der Waals surface area contributed by atoms with Crippen molar-refractivity contribution in [2.75, 3.05) is 0 Å². The Bertz CT molecular complexity index is 953. The molecular weight excluding hydrogens is 328 g/mol. The van der Waals surface area contributed by atoms with Gasteiger partial charge in [-0.15, -0.1) is 0 Å². The number of para-hydroxylation sites is 2. The fourth-order valence-corrected chi connectivity index (χ4v) is 4.06. The molecule has 0 radical (unpaired) electrons. The van der Waals surface area contributed by atoms with Gasteiger partial charge in [0, 0.05) is 12.7 Å². The SMILES string of the molecule is CCn1cc(S(=O)(=O)NC(C)(C)c2nc3ccccc3o2)c(C)n1. The maximum absolute atomic E-state index is 12.8. The summed E-state index contributed by atoms with van der Waals surface area (Å²) < 4.78 is 35.5. The maximum atomic E-state index is 12.8. The third-order valence-corrected chi connectivity index (χ3v) is 5.49. The minimum Gasteiger partial charge on any atom is -0.439 e. The van der Waals surface area contributed by atoms with Gasteiger partial charge in [0.1, 0.15) is 16.0 Å². The number of aromatic nitrogens is 3. The predicted octanol–water partition coefficient (Wildman–Crippen LogP) is 2.57. The Morgan fingerprint density at radius 1 is 1.29 bits per heavy atom. The molecule has 1 N–H and O–H groups in total. The van der Waals surface area contributed by atoms with Crippen LogP contribution in [0.5, 0.6) is 0 Å². The van der Waals surface area contributed by atoms with E-state index in [1.165, 1.54) is 6.20 Å². The van der Waals surface area contributed by atoms with Crippen molar-refractivity contribution in [3.8, 4) is 0 Å². The molecule has 0 fully saturated rings. The second kappa shape index (κ2) is 5.71. The molecule has 0 amide bonds. The normalized spacial score (nSPS) is 12.8. The fourth-order valence-electron chi connectivity index (χ4n) is 2.50. The van der Waals surface area contributed by atoms with Crippen molar-refractivity contribution in [1.82, 2.24) is 19.5 Å². The lowest BCUT2D eigenvalue weighted by atomic mass is 10.1. The Morgan fingerprint density at radius 2 is 2.00 bits per heavy atom. The summed E-state index contributed by atoms with van der Waals surface area (Å²) in [7, 11) is -3.76. The average Bonchev–Trinajstić information content (AvgIpc) is 3.10. The van der Waals surface area contributed by atoms with Crippen molar-refractivity contribution in [2.24, 2.45) is 0 Å². The van der Waals surface area contributed by atoms with Crippen molar-refractivity contribution < 1.29 is 12.8 Å². The molecule has 0 bridgehead atoms. The number of aryl methyl sites for hydroxylation is 2. The van der Waals surface area contributed by atoms with Crippen LogP contribution in [0.2, 0.25) is 0 Å². The largest absolute Gasteiger partial charge is 0.439 e. The van der Waals surface area contributed by atoms with Gasteiger partial charge in [-0.1, -0.05) is 12.1 Å². The standard InChI is InChI=1S/C16H20N4O3S/c1-5-20-10-14(11(2)18-20)24(21,22)19-16(3,4)15-17-12-8-6-7-9-13(12)23-15/h6-10,19H,5H2,1-4H3. The molecule has 0 saturated carbocycles. The van der Waals surface area contributed by atoms with Gasteiger partial charge in [0.25, 0.3) is 0 Å². The minimum atomic E-state index is -3.76. The van der Waals surface area contributed by atoms with E-state index in [9.17, 15) is 8.42 Å². The average molecular weight is 348 g/mol. The van der Waals surface area contributed by atoms with Crippen molar-refractivity contribution in [3.63, 3.8) is 0 Å². The number of hydrogen-bond acceptors (Lipinski definition) is 5. The molecular formula is C16H20N4O3S. The molecule has 3 aromatic rings. The number of nitrogens with zero attached hydrogens (tertiary/aromatic N) is 3. The quantitative estimate of drug-likeness (QED) is 0.765. The number of hydrogen-bond donors (Lipinski definition) is 1. The Kier molecular flexibility index (Phi) is 3.97. The third kappa shape index (κ3) is 2.94. The van der Waals surface area contributed by atoms with Crippen LogP contribution in [-0.4, -0.2) is 23.2 Å². The molecule has 0 aliphatic heterocycles. The van der Waals surface area contributed by atoms with E-state index in [1.807, 2.05) is 25.1 Å². The van der Waals surface area contributed by atoms with Gasteiger partial charge in [-0.25, -0.2) is 13.4 Å². The van der Waals surface area contributed by atoms with Crippen molar-refractivity contribution in [3.05, 3.63) is 42.0 Å². The summed E-state index contributed by atoms with van der Waals surface area (Å²) >= 11 is 0. The van der Waals surface area contributed by atoms with E-state index in [1.54, 1.807) is 31.5 Å². The number of nitrogens with one attached hydrogen (secondary N) is 1. The molecule has 8 heteroatoms. The van der Waals surface area contributed by atoms with E-state index < -0.39 is 15.6 Å². The molecule has 2 heterocycles. The highest BCUT2D eigenvalue weighted by Crippen LogP contribution is 2.26. The molecule has 0 spiro atoms. The molecule has 0 aliphatic rings. The second-order valence-electron chi connectivity index (χ2n) is 6.15. The number of benzene rings is 1. The first-order valence-corrected chi connectivity index (χ1v) is 9.15. The molecule has 0 saturated heterocycles. The fraction of sp³-hybridized carbons (Fsp3) is 0.375. The van der Waals surface area contributed by atoms with Crippen LogP contribution in [-0.2, 0) is 22.1 Å². The zero-order chi connectivity index (χ0) is 17.5. The summed E-state index contributed by atoms with van der Waals surface area (Å²) in [6.45, 7) is 7.61. The number of oxazole rings is 1. The molecule has 7 nitrogen and oxygen atoms in total. The minimum absolute atomic E-state index is 0.161. The topological polar surface area (TPSA) is 90.0 Å². The van der Waals surface area contributed by atoms with E-state index in [0.29, 0.717) is 29.2 Å². The van der Waals surface area contributed by atoms with Gasteiger partial charge in [-0.2, -0.15) is 9.82 Å². The monoisotopic (exact) mass is 348 g/mol. The molecule has 2 aromatic heterocycles. The first kappa shape index (κ1) is 16.7. The summed E-state index contributed by atoms with van der Waals surface area (Å²) in [5.74, 6) is 0.313. The van der Waals surface area contributed by atoms with E-state index in [0.717, 1.165) is 0 Å². The van der Waals surface area contributed by atoms with Gasteiger partial charge in [-0.3, -0.25) is 4.68 Å². The highest BCUT2D eigenvalue weighted by molar-refractivity contribution is 7.89. The van der Waals surface area contributed by atoms with Gasteiger partial charge in [0.15, 0.2) is 5.58 Å². The first-order valence-electron chi connectivity index (χ1n) is 7.67. The van der Waals surface area contributed by atoms with Gasteiger partial charge in [-0.05, 0) is 39.8 Å². The zero-order valence-electron chi connectivity index (χ0n) is 14.1. The van der Waals surface area contributed by atoms with E-state index in [-0.39, 0.29) is 4.90 Å². The van der Waals surface area contributed by atoms with Crippen LogP contribution < -0.4 is 4.72 Å². The van der Waals surface area contributed by atoms with Crippen LogP contribution in [0, 0.1) is 6.92 Å². The van der Waals surface area contributed by atoms with E-state index in [4.69, 9.17) is 4.42 Å². The lowest BCUT2D eigenvalue weighted by Gasteiger charge is -2.22. The number of rotatable bonds is 5. The van der Waals surface area contributed by atoms with Crippen LogP contribution in [0.3, 0.4) is 0 Å². The Morgan fingerprint density at radius 3 is 2.62 bits per heavy atom. The third-order valence-electron chi connectivity index (χ3n) is 3.73. The highest BCUT2D eigenvalue weighted by Gasteiger charge is 2.34. The first-order chi connectivity index (χ1) is 11.2. The van der Waals surface area contributed by atoms with Crippen LogP contribution in [0.1, 0.15) is 32.4 Å². The van der Waals surface area contributed by atoms with E-state index in [2.05, 4.69) is 14.8 Å². The van der Waals surface area contributed by atoms with Crippen LogP contribution >= 0.6 is 0 Å². The number of sulfonamides is 1. The van der Waals surface area contributed by atoms with Gasteiger partial charge in [0.2, 0.25) is 15.9 Å². The van der Waals surface area contributed by atoms with Gasteiger partial charge >= 0.3 is 0 Å². The highest BCUT2D eigenvalue weighted by atomic mass is 32.2. The Labute approximate surface area is 140 Å². The van der Waals surface area contributed by atoms with Gasteiger partial charge in [0.05, 0.1) is 5.69 Å². The number of fused-ring (bicyclic) bond motifs is 1. The maximum Gasteiger partial charge on any atom is 0.244 e. The van der Waals surface area contributed by atoms with Crippen molar-refractivity contribution in [2.45, 2.75) is 44.7 Å². The van der Waals surface area contributed by atoms with Crippen molar-refractivity contribution >= 4 is 21.1 Å². The smallest absolute Gasteiger partial charge is 0.244 e. The molecule has 1 aromatic carbocycles. The second-order valence-corrected chi connectivity index (χ2v) is 7.80. The van der Waals surface area contributed by atoms with Crippen LogP contribution in [0.4, 0.5) is 0 Å². The summed E-state index contributed by atoms with van der Waals surface area (Å²) in [6, 6.07) is 7.32. The summed E-state index contributed by atoms with van der Waals surface area (Å²) in [6.07, 6.45) is 1.53.